The van der Waals surface area contributed by atoms with Crippen LogP contribution in [0.3, 0.4) is 0 Å². The van der Waals surface area contributed by atoms with Crippen LogP contribution in [0.5, 0.6) is 0 Å². The zero-order valence-electron chi connectivity index (χ0n) is 9.84. The van der Waals surface area contributed by atoms with Crippen molar-refractivity contribution in [3.8, 4) is 0 Å². The molecule has 1 nitrogen and oxygen atoms in total. The zero-order chi connectivity index (χ0) is 14.0. The van der Waals surface area contributed by atoms with Crippen LogP contribution in [0.25, 0.3) is 0 Å². The summed E-state index contributed by atoms with van der Waals surface area (Å²) in [6, 6.07) is 8.71. The summed E-state index contributed by atoms with van der Waals surface area (Å²) >= 11 is 5.43. The van der Waals surface area contributed by atoms with E-state index in [0.29, 0.717) is 6.42 Å². The van der Waals surface area contributed by atoms with Gasteiger partial charge in [-0.25, -0.2) is 8.78 Å². The van der Waals surface area contributed by atoms with Crippen LogP contribution in [-0.4, -0.2) is 0 Å². The Morgan fingerprint density at radius 1 is 1.11 bits per heavy atom. The SMILES string of the molecule is NC(Cc1cc(F)ccc1Br)c1ccc(F)cc1I. The maximum atomic E-state index is 13.2. The highest BCUT2D eigenvalue weighted by Gasteiger charge is 2.13. The van der Waals surface area contributed by atoms with E-state index in [0.717, 1.165) is 19.2 Å². The standard InChI is InChI=1S/C14H11BrF2IN/c15-12-4-2-9(16)5-8(12)6-14(19)11-3-1-10(17)7-13(11)18/h1-5,7,14H,6,19H2. The van der Waals surface area contributed by atoms with Crippen molar-refractivity contribution in [2.45, 2.75) is 12.5 Å². The number of benzene rings is 2. The minimum Gasteiger partial charge on any atom is -0.324 e. The van der Waals surface area contributed by atoms with Crippen LogP contribution >= 0.6 is 38.5 Å². The molecule has 1 unspecified atom stereocenters. The largest absolute Gasteiger partial charge is 0.324 e. The number of halogens is 4. The van der Waals surface area contributed by atoms with Gasteiger partial charge in [0.25, 0.3) is 0 Å². The number of rotatable bonds is 3. The third kappa shape index (κ3) is 3.73. The van der Waals surface area contributed by atoms with Crippen molar-refractivity contribution in [2.24, 2.45) is 5.73 Å². The molecule has 0 aliphatic carbocycles. The Balaban J connectivity index is 2.25. The highest BCUT2D eigenvalue weighted by Crippen LogP contribution is 2.26. The summed E-state index contributed by atoms with van der Waals surface area (Å²) < 4.78 is 27.9. The van der Waals surface area contributed by atoms with E-state index in [-0.39, 0.29) is 17.7 Å². The molecule has 1 atom stereocenters. The van der Waals surface area contributed by atoms with Crippen LogP contribution in [0.2, 0.25) is 0 Å². The predicted molar refractivity (Wildman–Crippen MR) is 83.8 cm³/mol. The lowest BCUT2D eigenvalue weighted by Crippen LogP contribution is -2.15. The highest BCUT2D eigenvalue weighted by atomic mass is 127. The zero-order valence-corrected chi connectivity index (χ0v) is 13.6. The Morgan fingerprint density at radius 2 is 1.74 bits per heavy atom. The van der Waals surface area contributed by atoms with Gasteiger partial charge in [0.05, 0.1) is 0 Å². The predicted octanol–water partition coefficient (Wildman–Crippen LogP) is 4.57. The molecule has 2 aromatic rings. The molecule has 0 saturated heterocycles. The first-order valence-corrected chi connectivity index (χ1v) is 7.49. The highest BCUT2D eigenvalue weighted by molar-refractivity contribution is 14.1. The summed E-state index contributed by atoms with van der Waals surface area (Å²) in [6.07, 6.45) is 0.486. The van der Waals surface area contributed by atoms with Crippen LogP contribution in [0.4, 0.5) is 8.78 Å². The maximum Gasteiger partial charge on any atom is 0.124 e. The molecule has 0 heterocycles. The van der Waals surface area contributed by atoms with E-state index >= 15 is 0 Å². The first kappa shape index (κ1) is 14.9. The van der Waals surface area contributed by atoms with E-state index in [4.69, 9.17) is 5.73 Å². The quantitative estimate of drug-likeness (QED) is 0.699. The lowest BCUT2D eigenvalue weighted by molar-refractivity contribution is 0.618. The molecule has 19 heavy (non-hydrogen) atoms. The molecule has 5 heteroatoms. The van der Waals surface area contributed by atoms with Gasteiger partial charge in [0.1, 0.15) is 11.6 Å². The van der Waals surface area contributed by atoms with Gasteiger partial charge < -0.3 is 5.73 Å². The van der Waals surface area contributed by atoms with Crippen molar-refractivity contribution in [1.29, 1.82) is 0 Å². The van der Waals surface area contributed by atoms with Crippen LogP contribution in [-0.2, 0) is 6.42 Å². The third-order valence-corrected chi connectivity index (χ3v) is 4.52. The van der Waals surface area contributed by atoms with E-state index in [2.05, 4.69) is 38.5 Å². The molecule has 100 valence electrons. The van der Waals surface area contributed by atoms with Gasteiger partial charge in [0.2, 0.25) is 0 Å². The van der Waals surface area contributed by atoms with Gasteiger partial charge >= 0.3 is 0 Å². The average molecular weight is 438 g/mol. The molecule has 2 rings (SSSR count). The van der Waals surface area contributed by atoms with Crippen molar-refractivity contribution in [3.05, 3.63) is 67.2 Å². The van der Waals surface area contributed by atoms with Crippen molar-refractivity contribution < 1.29 is 8.78 Å². The van der Waals surface area contributed by atoms with E-state index in [1.54, 1.807) is 12.1 Å². The van der Waals surface area contributed by atoms with Gasteiger partial charge in [-0.3, -0.25) is 0 Å². The smallest absolute Gasteiger partial charge is 0.124 e. The van der Waals surface area contributed by atoms with Crippen LogP contribution in [0.15, 0.2) is 40.9 Å². The number of hydrogen-bond acceptors (Lipinski definition) is 1. The molecule has 0 aliphatic rings. The fourth-order valence-electron chi connectivity index (χ4n) is 1.85. The molecule has 2 aromatic carbocycles. The second kappa shape index (κ2) is 6.28. The summed E-state index contributed by atoms with van der Waals surface area (Å²) in [5, 5.41) is 0. The third-order valence-electron chi connectivity index (χ3n) is 2.81. The molecule has 0 spiro atoms. The van der Waals surface area contributed by atoms with Gasteiger partial charge in [0, 0.05) is 14.1 Å². The van der Waals surface area contributed by atoms with Crippen LogP contribution < -0.4 is 5.73 Å². The fraction of sp³-hybridized carbons (Fsp3) is 0.143. The van der Waals surface area contributed by atoms with Crippen molar-refractivity contribution in [3.63, 3.8) is 0 Å². The fourth-order valence-corrected chi connectivity index (χ4v) is 3.13. The molecule has 0 aliphatic heterocycles. The van der Waals surface area contributed by atoms with Gasteiger partial charge in [-0.15, -0.1) is 0 Å². The summed E-state index contributed by atoms with van der Waals surface area (Å²) in [5.41, 5.74) is 7.78. The van der Waals surface area contributed by atoms with Gasteiger partial charge in [-0.2, -0.15) is 0 Å². The van der Waals surface area contributed by atoms with Gasteiger partial charge in [-0.05, 0) is 70.5 Å². The van der Waals surface area contributed by atoms with E-state index < -0.39 is 0 Å². The topological polar surface area (TPSA) is 26.0 Å². The first-order valence-electron chi connectivity index (χ1n) is 5.62. The minimum absolute atomic E-state index is 0.285. The van der Waals surface area contributed by atoms with Crippen molar-refractivity contribution in [1.82, 2.24) is 0 Å². The molecule has 2 N–H and O–H groups in total. The van der Waals surface area contributed by atoms with E-state index in [1.807, 2.05) is 0 Å². The summed E-state index contributed by atoms with van der Waals surface area (Å²) in [7, 11) is 0. The molecule has 0 saturated carbocycles. The Morgan fingerprint density at radius 3 is 2.42 bits per heavy atom. The number of hydrogen-bond donors (Lipinski definition) is 1. The normalized spacial score (nSPS) is 12.5. The second-order valence-electron chi connectivity index (χ2n) is 4.21. The Labute approximate surface area is 132 Å². The summed E-state index contributed by atoms with van der Waals surface area (Å²) in [5.74, 6) is -0.577. The summed E-state index contributed by atoms with van der Waals surface area (Å²) in [6.45, 7) is 0. The maximum absolute atomic E-state index is 13.2. The van der Waals surface area contributed by atoms with Crippen LogP contribution in [0, 0.1) is 15.2 Å². The lowest BCUT2D eigenvalue weighted by Gasteiger charge is -2.15. The summed E-state index contributed by atoms with van der Waals surface area (Å²) in [4.78, 5) is 0. The Bertz CT molecular complexity index is 604. The molecule has 0 fully saturated rings. The molecule has 0 radical (unpaired) electrons. The first-order chi connectivity index (χ1) is 8.97. The Kier molecular flexibility index (Phi) is 4.92. The monoisotopic (exact) mass is 437 g/mol. The van der Waals surface area contributed by atoms with Gasteiger partial charge in [-0.1, -0.05) is 22.0 Å². The lowest BCUT2D eigenvalue weighted by atomic mass is 9.99. The van der Waals surface area contributed by atoms with Crippen molar-refractivity contribution >= 4 is 38.5 Å². The van der Waals surface area contributed by atoms with Gasteiger partial charge in [0.15, 0.2) is 0 Å². The minimum atomic E-state index is -0.300. The molecule has 0 aromatic heterocycles. The average Bonchev–Trinajstić information content (AvgIpc) is 2.33. The number of nitrogens with two attached hydrogens (primary N) is 1. The second-order valence-corrected chi connectivity index (χ2v) is 6.23. The molecule has 0 bridgehead atoms. The molecule has 0 amide bonds. The van der Waals surface area contributed by atoms with Crippen molar-refractivity contribution in [2.75, 3.05) is 0 Å². The molecular formula is C14H11BrF2IN. The Hall–Kier alpha value is -0.530. The van der Waals surface area contributed by atoms with E-state index in [1.165, 1.54) is 24.3 Å². The molecular weight excluding hydrogens is 427 g/mol. The van der Waals surface area contributed by atoms with Crippen LogP contribution in [0.1, 0.15) is 17.2 Å². The van der Waals surface area contributed by atoms with E-state index in [9.17, 15) is 8.78 Å².